The van der Waals surface area contributed by atoms with Gasteiger partial charge in [0.05, 0.1) is 25.2 Å². The van der Waals surface area contributed by atoms with E-state index in [0.717, 1.165) is 68.7 Å². The Labute approximate surface area is 293 Å². The molecule has 10 nitrogen and oxygen atoms in total. The molecule has 1 unspecified atom stereocenters. The summed E-state index contributed by atoms with van der Waals surface area (Å²) in [4.78, 5) is 29.8. The zero-order valence-corrected chi connectivity index (χ0v) is 29.9. The molecule has 3 aromatic rings. The number of hydrogen-bond acceptors (Lipinski definition) is 7. The molecule has 0 radical (unpaired) electrons. The van der Waals surface area contributed by atoms with E-state index in [-0.39, 0.29) is 28.5 Å². The second-order valence-corrected chi connectivity index (χ2v) is 16.7. The van der Waals surface area contributed by atoms with Crippen molar-refractivity contribution in [1.29, 1.82) is 0 Å². The predicted molar refractivity (Wildman–Crippen MR) is 191 cm³/mol. The van der Waals surface area contributed by atoms with E-state index in [0.29, 0.717) is 29.8 Å². The molecule has 1 saturated carbocycles. The number of aromatic nitrogens is 2. The maximum absolute atomic E-state index is 14.5. The molecule has 2 aliphatic heterocycles. The third kappa shape index (κ3) is 6.84. The highest BCUT2D eigenvalue weighted by atomic mass is 35.5. The Hall–Kier alpha value is -3.83. The number of hydrogen-bond donors (Lipinski definition) is 1. The van der Waals surface area contributed by atoms with Crippen LogP contribution in [0.3, 0.4) is 0 Å². The normalized spacial score (nSPS) is 28.9. The number of carbonyl (C=O) groups is 2. The Morgan fingerprint density at radius 3 is 2.84 bits per heavy atom. The topological polar surface area (TPSA) is 115 Å². The zero-order valence-electron chi connectivity index (χ0n) is 28.3. The van der Waals surface area contributed by atoms with Crippen LogP contribution in [0.2, 0.25) is 5.02 Å². The Kier molecular flexibility index (Phi) is 9.25. The van der Waals surface area contributed by atoms with Gasteiger partial charge in [-0.3, -0.25) is 19.0 Å². The molecule has 4 aliphatic rings. The minimum absolute atomic E-state index is 0.0269. The fourth-order valence-corrected chi connectivity index (χ4v) is 10.1. The first kappa shape index (κ1) is 33.7. The van der Waals surface area contributed by atoms with Gasteiger partial charge in [-0.25, -0.2) is 4.21 Å². The molecule has 49 heavy (non-hydrogen) atoms. The SMILES string of the molecule is COc1nn(C)cc1C(=O)NS1(=O)=NC(=O)c2ccc3c(c2)N(C[C@@H]2CC[C@H]2/C=C\CC[C@H](C)C1)C[C@]1(CCCc2cc(Cl)ccc21)CO3. The average Bonchev–Trinajstić information content (AvgIpc) is 3.37. The summed E-state index contributed by atoms with van der Waals surface area (Å²) in [6, 6.07) is 11.6. The number of allylic oxidation sites excluding steroid dienone is 2. The highest BCUT2D eigenvalue weighted by Gasteiger charge is 2.43. The third-order valence-corrected chi connectivity index (χ3v) is 12.9. The van der Waals surface area contributed by atoms with E-state index in [1.807, 2.05) is 25.1 Å². The van der Waals surface area contributed by atoms with Gasteiger partial charge >= 0.3 is 0 Å². The van der Waals surface area contributed by atoms with E-state index in [4.69, 9.17) is 21.1 Å². The summed E-state index contributed by atoms with van der Waals surface area (Å²) in [6.45, 7) is 4.07. The molecular formula is C37H44ClN5O5S. The molecular weight excluding hydrogens is 662 g/mol. The number of nitrogens with zero attached hydrogens (tertiary/aromatic N) is 4. The first-order valence-corrected chi connectivity index (χ1v) is 19.3. The van der Waals surface area contributed by atoms with Gasteiger partial charge in [0, 0.05) is 42.3 Å². The molecule has 1 spiro atoms. The average molecular weight is 706 g/mol. The van der Waals surface area contributed by atoms with Crippen molar-refractivity contribution in [2.24, 2.45) is 29.2 Å². The van der Waals surface area contributed by atoms with Gasteiger partial charge in [-0.05, 0) is 104 Å². The number of anilines is 1. The summed E-state index contributed by atoms with van der Waals surface area (Å²) < 4.78 is 34.7. The molecule has 2 amide bonds. The molecule has 1 fully saturated rings. The molecule has 1 aromatic heterocycles. The fraction of sp³-hybridized carbons (Fsp3) is 0.486. The van der Waals surface area contributed by atoms with E-state index in [9.17, 15) is 13.8 Å². The molecule has 260 valence electrons. The van der Waals surface area contributed by atoms with Gasteiger partial charge in [-0.2, -0.15) is 0 Å². The van der Waals surface area contributed by atoms with Gasteiger partial charge in [0.25, 0.3) is 11.8 Å². The fourth-order valence-electron chi connectivity index (χ4n) is 7.99. The van der Waals surface area contributed by atoms with E-state index < -0.39 is 21.7 Å². The van der Waals surface area contributed by atoms with Crippen molar-refractivity contribution in [3.8, 4) is 11.6 Å². The number of methoxy groups -OCH3 is 1. The molecule has 0 saturated heterocycles. The predicted octanol–water partition coefficient (Wildman–Crippen LogP) is 6.52. The van der Waals surface area contributed by atoms with Gasteiger partial charge < -0.3 is 14.4 Å². The maximum Gasteiger partial charge on any atom is 0.286 e. The molecule has 2 aliphatic carbocycles. The van der Waals surface area contributed by atoms with Crippen LogP contribution in [0.4, 0.5) is 5.69 Å². The Morgan fingerprint density at radius 2 is 2.04 bits per heavy atom. The highest BCUT2D eigenvalue weighted by molar-refractivity contribution is 7.92. The molecule has 7 rings (SSSR count). The molecule has 1 N–H and O–H groups in total. The van der Waals surface area contributed by atoms with Gasteiger partial charge in [-0.1, -0.05) is 36.7 Å². The molecule has 5 atom stereocenters. The number of fused-ring (bicyclic) bond motifs is 4. The smallest absolute Gasteiger partial charge is 0.286 e. The second kappa shape index (κ2) is 13.5. The largest absolute Gasteiger partial charge is 0.490 e. The van der Waals surface area contributed by atoms with Crippen molar-refractivity contribution in [2.75, 3.05) is 37.5 Å². The highest BCUT2D eigenvalue weighted by Crippen LogP contribution is 2.46. The van der Waals surface area contributed by atoms with Crippen LogP contribution in [0.1, 0.15) is 77.3 Å². The Morgan fingerprint density at radius 1 is 1.18 bits per heavy atom. The van der Waals surface area contributed by atoms with Crippen molar-refractivity contribution >= 4 is 39.0 Å². The number of carbonyl (C=O) groups excluding carboxylic acids is 2. The van der Waals surface area contributed by atoms with Crippen LogP contribution in [0.15, 0.2) is 59.1 Å². The van der Waals surface area contributed by atoms with Crippen molar-refractivity contribution in [3.05, 3.63) is 82.0 Å². The molecule has 12 heteroatoms. The number of aryl methyl sites for hydroxylation is 2. The lowest BCUT2D eigenvalue weighted by Crippen LogP contribution is -2.48. The number of nitrogens with one attached hydrogen (secondary N) is 1. The quantitative estimate of drug-likeness (QED) is 0.309. The zero-order chi connectivity index (χ0) is 34.3. The summed E-state index contributed by atoms with van der Waals surface area (Å²) in [6.07, 6.45) is 13.0. The van der Waals surface area contributed by atoms with Crippen LogP contribution in [0, 0.1) is 17.8 Å². The molecule has 2 aromatic carbocycles. The first-order chi connectivity index (χ1) is 23.5. The summed E-state index contributed by atoms with van der Waals surface area (Å²) in [5.74, 6) is 0.417. The lowest BCUT2D eigenvalue weighted by molar-refractivity contribution is 0.0979. The molecule has 2 bridgehead atoms. The lowest BCUT2D eigenvalue weighted by Gasteiger charge is -2.44. The van der Waals surface area contributed by atoms with E-state index in [2.05, 4.69) is 43.4 Å². The first-order valence-electron chi connectivity index (χ1n) is 17.2. The van der Waals surface area contributed by atoms with Crippen LogP contribution in [0.25, 0.3) is 0 Å². The van der Waals surface area contributed by atoms with Crippen LogP contribution >= 0.6 is 11.6 Å². The van der Waals surface area contributed by atoms with Gasteiger partial charge in [0.15, 0.2) is 0 Å². The van der Waals surface area contributed by atoms with Crippen molar-refractivity contribution in [2.45, 2.75) is 57.3 Å². The van der Waals surface area contributed by atoms with Crippen molar-refractivity contribution in [3.63, 3.8) is 0 Å². The number of amides is 2. The van der Waals surface area contributed by atoms with Gasteiger partial charge in [0.1, 0.15) is 21.2 Å². The van der Waals surface area contributed by atoms with Crippen molar-refractivity contribution in [1.82, 2.24) is 14.5 Å². The van der Waals surface area contributed by atoms with Crippen LogP contribution < -0.4 is 19.1 Å². The van der Waals surface area contributed by atoms with E-state index >= 15 is 0 Å². The number of rotatable bonds is 3. The van der Waals surface area contributed by atoms with E-state index in [1.54, 1.807) is 13.1 Å². The number of ether oxygens (including phenoxy) is 2. The number of halogens is 1. The summed E-state index contributed by atoms with van der Waals surface area (Å²) >= 11 is 6.44. The van der Waals surface area contributed by atoms with Gasteiger partial charge in [-0.15, -0.1) is 9.46 Å². The molecule has 3 heterocycles. The van der Waals surface area contributed by atoms with Crippen LogP contribution in [0.5, 0.6) is 11.6 Å². The van der Waals surface area contributed by atoms with Crippen molar-refractivity contribution < 1.29 is 23.3 Å². The van der Waals surface area contributed by atoms with Gasteiger partial charge in [0.2, 0.25) is 5.88 Å². The van der Waals surface area contributed by atoms with Crippen LogP contribution in [-0.2, 0) is 28.8 Å². The Bertz CT molecular complexity index is 1930. The minimum Gasteiger partial charge on any atom is -0.490 e. The Balaban J connectivity index is 1.28. The maximum atomic E-state index is 14.5. The monoisotopic (exact) mass is 705 g/mol. The lowest BCUT2D eigenvalue weighted by atomic mass is 9.69. The van der Waals surface area contributed by atoms with E-state index in [1.165, 1.54) is 29.1 Å². The third-order valence-electron chi connectivity index (χ3n) is 10.7. The number of benzene rings is 2. The minimum atomic E-state index is -3.53. The second-order valence-electron chi connectivity index (χ2n) is 14.3. The summed E-state index contributed by atoms with van der Waals surface area (Å²) in [5, 5.41) is 4.89. The summed E-state index contributed by atoms with van der Waals surface area (Å²) in [7, 11) is -0.457. The van der Waals surface area contributed by atoms with Crippen LogP contribution in [-0.4, -0.2) is 58.4 Å². The summed E-state index contributed by atoms with van der Waals surface area (Å²) in [5.41, 5.74) is 3.58. The standard InChI is InChI=1S/C37H44ClN5O5S/c1-24-7-4-5-8-25-10-11-28(25)19-43-22-37(16-6-9-26-17-29(38)13-14-31(26)37)23-48-33-15-12-27(18-32(33)43)34(44)40-49(46,21-24)41-35(45)30-20-42(2)39-36(30)47-3/h5,8,12-15,17-18,20,24-25,28H,4,6-7,9-11,16,19,21-23H2,1-3H3,(H,40,41,44,45,46)/b8-5-/t24-,25+,28-,37+,49?/m0/s1.